The Morgan fingerprint density at radius 1 is 0.693 bits per heavy atom. The van der Waals surface area contributed by atoms with Gasteiger partial charge in [-0.1, -0.05) is 74.5 Å². The Hall–Kier alpha value is -9.15. The third kappa shape index (κ3) is 21.7. The molecule has 11 atom stereocenters. The largest absolute Gasteiger partial charge is 0.508 e. The van der Waals surface area contributed by atoms with Gasteiger partial charge in [0.25, 0.3) is 0 Å². The number of aromatic amines is 1. The maximum absolute atomic E-state index is 14.2. The monoisotopic (exact) mass is 1220 g/mol. The second kappa shape index (κ2) is 33.7. The van der Waals surface area contributed by atoms with Crippen LogP contribution in [0.25, 0.3) is 10.9 Å². The highest BCUT2D eigenvalue weighted by Crippen LogP contribution is 2.23. The lowest BCUT2D eigenvalue weighted by Gasteiger charge is -2.30. The third-order valence-corrected chi connectivity index (χ3v) is 14.7. The van der Waals surface area contributed by atoms with Crippen LogP contribution < -0.4 is 59.7 Å². The van der Waals surface area contributed by atoms with E-state index in [1.807, 2.05) is 38.1 Å². The molecule has 19 N–H and O–H groups in total. The Morgan fingerprint density at radius 2 is 1.33 bits per heavy atom. The molecule has 4 aromatic rings. The van der Waals surface area contributed by atoms with Gasteiger partial charge >= 0.3 is 0 Å². The molecule has 0 radical (unpaired) electrons. The van der Waals surface area contributed by atoms with Crippen molar-refractivity contribution in [1.29, 1.82) is 0 Å². The van der Waals surface area contributed by atoms with E-state index >= 15 is 0 Å². The number of aliphatic hydroxyl groups excluding tert-OH is 3. The van der Waals surface area contributed by atoms with Crippen LogP contribution in [0.4, 0.5) is 0 Å². The predicted molar refractivity (Wildman–Crippen MR) is 323 cm³/mol. The highest BCUT2D eigenvalue weighted by atomic mass is 16.3. The van der Waals surface area contributed by atoms with Crippen LogP contribution in [-0.2, 0) is 67.2 Å². The summed E-state index contributed by atoms with van der Waals surface area (Å²) in [5.41, 5.74) is 19.8. The summed E-state index contributed by atoms with van der Waals surface area (Å²) in [5.74, 6) is -8.61. The number of hydrogen-bond acceptors (Lipinski definition) is 15. The lowest BCUT2D eigenvalue weighted by Crippen LogP contribution is -2.61. The van der Waals surface area contributed by atoms with Crippen LogP contribution in [0.2, 0.25) is 0 Å². The number of primary amides is 2. The number of rotatable bonds is 33. The molecule has 28 heteroatoms. The Balaban J connectivity index is 1.27. The Kier molecular flexibility index (Phi) is 26.6. The van der Waals surface area contributed by atoms with Gasteiger partial charge in [0, 0.05) is 69.8 Å². The molecule has 478 valence electrons. The van der Waals surface area contributed by atoms with Gasteiger partial charge in [0.2, 0.25) is 59.1 Å². The molecule has 1 aliphatic rings. The minimum atomic E-state index is -1.81. The molecule has 0 bridgehead atoms. The quantitative estimate of drug-likeness (QED) is 0.0133. The van der Waals surface area contributed by atoms with E-state index in [1.165, 1.54) is 45.2 Å². The third-order valence-electron chi connectivity index (χ3n) is 14.7. The van der Waals surface area contributed by atoms with Crippen molar-refractivity contribution in [3.05, 3.63) is 102 Å². The second-order valence-corrected chi connectivity index (χ2v) is 22.4. The number of aliphatic hydroxyl groups is 3. The Morgan fingerprint density at radius 3 is 1.97 bits per heavy atom. The SMILES string of the molecule is CN=C(N)NCCC[C@H](NC(=O)[C@H](CC(C)C)NC(=O)CC[C@H](O)[C@H](Cc1ccccc1)NC(=O)[C@@H](NC(=O)[C@H](CC(N)=O)NC(=O)[C@@H]1C[C@@H](O)CN1C(=O)[C@@H](Cc1ccc(O)cc1)NC(C)=O)[C@@H](C)O)C(=O)N[C@@H](Cc1c[nH]c2ccccc12)C(N)=O. The fourth-order valence-electron chi connectivity index (χ4n) is 10.2. The number of carbonyl (C=O) groups excluding carboxylic acids is 10. The molecule has 0 aliphatic carbocycles. The number of H-pyrrole nitrogens is 1. The fourth-order valence-corrected chi connectivity index (χ4v) is 10.2. The molecule has 0 saturated carbocycles. The van der Waals surface area contributed by atoms with Crippen molar-refractivity contribution in [1.82, 2.24) is 52.4 Å². The number of aromatic hydroxyl groups is 1. The van der Waals surface area contributed by atoms with E-state index in [4.69, 9.17) is 17.2 Å². The van der Waals surface area contributed by atoms with Crippen molar-refractivity contribution in [2.75, 3.05) is 20.1 Å². The lowest BCUT2D eigenvalue weighted by molar-refractivity contribution is -0.142. The van der Waals surface area contributed by atoms with E-state index in [2.05, 4.69) is 52.5 Å². The maximum Gasteiger partial charge on any atom is 0.246 e. The number of nitrogens with zero attached hydrogens (tertiary/aromatic N) is 2. The van der Waals surface area contributed by atoms with Gasteiger partial charge in [-0.25, -0.2) is 0 Å². The van der Waals surface area contributed by atoms with E-state index < -0.39 is 139 Å². The average Bonchev–Trinajstić information content (AvgIpc) is 2.76. The molecule has 28 nitrogen and oxygen atoms in total. The van der Waals surface area contributed by atoms with Gasteiger partial charge in [-0.3, -0.25) is 52.9 Å². The van der Waals surface area contributed by atoms with Crippen LogP contribution >= 0.6 is 0 Å². The number of phenols is 1. The van der Waals surface area contributed by atoms with Crippen molar-refractivity contribution < 1.29 is 68.4 Å². The summed E-state index contributed by atoms with van der Waals surface area (Å²) in [6.07, 6.45) is -4.10. The van der Waals surface area contributed by atoms with Gasteiger partial charge in [-0.2, -0.15) is 0 Å². The number of aliphatic imine (C=N–C) groups is 1. The topological polar surface area (TPSA) is 457 Å². The number of amides is 10. The zero-order valence-electron chi connectivity index (χ0n) is 50.0. The van der Waals surface area contributed by atoms with Crippen LogP contribution in [0, 0.1) is 5.92 Å². The van der Waals surface area contributed by atoms with Gasteiger partial charge in [-0.15, -0.1) is 0 Å². The van der Waals surface area contributed by atoms with Crippen molar-refractivity contribution >= 4 is 75.9 Å². The molecule has 3 aromatic carbocycles. The maximum atomic E-state index is 14.2. The van der Waals surface area contributed by atoms with Gasteiger partial charge in [0.1, 0.15) is 48.0 Å². The first-order valence-electron chi connectivity index (χ1n) is 29.1. The molecule has 10 amide bonds. The molecule has 1 aliphatic heterocycles. The molecule has 1 aromatic heterocycles. The number of para-hydroxylation sites is 1. The van der Waals surface area contributed by atoms with Crippen LogP contribution in [-0.4, -0.2) is 182 Å². The summed E-state index contributed by atoms with van der Waals surface area (Å²) in [5, 5.41) is 65.0. The lowest BCUT2D eigenvalue weighted by atomic mass is 9.96. The number of carbonyl (C=O) groups is 10. The number of guanidine groups is 1. The van der Waals surface area contributed by atoms with Crippen molar-refractivity contribution in [2.45, 2.75) is 159 Å². The number of fused-ring (bicyclic) bond motifs is 1. The highest BCUT2D eigenvalue weighted by Gasteiger charge is 2.43. The molecule has 1 saturated heterocycles. The van der Waals surface area contributed by atoms with Crippen LogP contribution in [0.1, 0.15) is 89.3 Å². The standard InChI is InChI=1S/C60H84N14O14/c1-32(2)24-45(55(84)69-42(16-11-23-65-60(63)64-5)54(83)71-44(53(62)82)27-37-30-66-41-15-10-9-14-40(37)41)68-51(81)22-21-49(79)43(25-35-12-7-6-8-13-35)70-58(87)52(33(3)75)73-56(85)46(29-50(61)80)72-57(86)48-28-39(78)31-74(48)59(88)47(67-34(4)76)26-36-17-19-38(77)20-18-36/h6-10,12-15,17-20,30,32-33,39,42-49,52,66,75,77-79H,11,16,21-29,31H2,1-5H3,(H2,61,80)(H2,62,82)(H,67,76)(H,68,81)(H,69,84)(H,70,87)(H,71,83)(H,72,86)(H,73,85)(H3,63,64,65)/t33-,39-,42+,43+,44+,45+,46+,47-,48+,49+,52+/m1/s1. The van der Waals surface area contributed by atoms with Crippen LogP contribution in [0.3, 0.4) is 0 Å². The Bertz CT molecular complexity index is 3090. The van der Waals surface area contributed by atoms with Crippen molar-refractivity contribution in [2.24, 2.45) is 28.1 Å². The Labute approximate surface area is 509 Å². The molecular weight excluding hydrogens is 1140 g/mol. The summed E-state index contributed by atoms with van der Waals surface area (Å²) in [4.78, 5) is 144. The first-order chi connectivity index (χ1) is 41.7. The summed E-state index contributed by atoms with van der Waals surface area (Å²) in [6.45, 7) is 5.90. The number of nitrogens with two attached hydrogens (primary N) is 3. The number of phenolic OH excluding ortho intramolecular Hbond substituents is 1. The first kappa shape index (κ1) is 69.6. The zero-order chi connectivity index (χ0) is 64.8. The van der Waals surface area contributed by atoms with E-state index in [0.29, 0.717) is 17.5 Å². The number of nitrogens with one attached hydrogen (secondary N) is 9. The number of β-amino-alcohol motifs (C(OH)–C–C–N with tert-alkyl or cyclic N) is 1. The number of benzene rings is 3. The summed E-state index contributed by atoms with van der Waals surface area (Å²) >= 11 is 0. The second-order valence-electron chi connectivity index (χ2n) is 22.4. The fraction of sp³-hybridized carbons (Fsp3) is 0.483. The van der Waals surface area contributed by atoms with Gasteiger partial charge < -0.3 is 90.0 Å². The summed E-state index contributed by atoms with van der Waals surface area (Å²) in [7, 11) is 1.49. The van der Waals surface area contributed by atoms with Gasteiger partial charge in [0.05, 0.1) is 30.8 Å². The minimum absolute atomic E-state index is 0.0377. The zero-order valence-corrected chi connectivity index (χ0v) is 50.0. The van der Waals surface area contributed by atoms with Crippen LogP contribution in [0.5, 0.6) is 5.75 Å². The molecule has 5 rings (SSSR count). The predicted octanol–water partition coefficient (Wildman–Crippen LogP) is -2.48. The number of hydrogen-bond donors (Lipinski definition) is 16. The van der Waals surface area contributed by atoms with E-state index in [1.54, 1.807) is 36.5 Å². The van der Waals surface area contributed by atoms with Gasteiger partial charge in [-0.05, 0) is 79.8 Å². The molecule has 88 heavy (non-hydrogen) atoms. The van der Waals surface area contributed by atoms with Crippen molar-refractivity contribution in [3.8, 4) is 5.75 Å². The van der Waals surface area contributed by atoms with Crippen molar-refractivity contribution in [3.63, 3.8) is 0 Å². The van der Waals surface area contributed by atoms with E-state index in [9.17, 15) is 68.4 Å². The normalized spacial score (nSPS) is 17.1. The summed E-state index contributed by atoms with van der Waals surface area (Å²) < 4.78 is 0. The van der Waals surface area contributed by atoms with E-state index in [-0.39, 0.29) is 75.7 Å². The number of aromatic nitrogens is 1. The molecule has 2 heterocycles. The average molecular weight is 1230 g/mol. The van der Waals surface area contributed by atoms with Gasteiger partial charge in [0.15, 0.2) is 5.96 Å². The highest BCUT2D eigenvalue weighted by molar-refractivity contribution is 5.98. The van der Waals surface area contributed by atoms with Crippen LogP contribution in [0.15, 0.2) is 90.1 Å². The molecule has 1 fully saturated rings. The smallest absolute Gasteiger partial charge is 0.246 e. The summed E-state index contributed by atoms with van der Waals surface area (Å²) in [6, 6.07) is 10.7. The first-order valence-corrected chi connectivity index (χ1v) is 29.1. The molecule has 0 spiro atoms. The minimum Gasteiger partial charge on any atom is -0.508 e. The molecular formula is C60H84N14O14. The molecule has 0 unspecified atom stereocenters. The van der Waals surface area contributed by atoms with E-state index in [0.717, 1.165) is 21.4 Å². The number of likely N-dealkylation sites (tertiary alicyclic amines) is 1.